The Morgan fingerprint density at radius 3 is 2.78 bits per heavy atom. The number of carbonyl (C=O) groups excluding carboxylic acids is 2. The fourth-order valence-corrected chi connectivity index (χ4v) is 2.60. The number of benzene rings is 1. The minimum atomic E-state index is -0.882. The predicted octanol–water partition coefficient (Wildman–Crippen LogP) is 3.12. The number of amides is 2. The molecule has 0 spiro atoms. The lowest BCUT2D eigenvalue weighted by molar-refractivity contribution is 0.0902. The molecule has 2 rings (SSSR count). The highest BCUT2D eigenvalue weighted by molar-refractivity contribution is 7.08. The van der Waals surface area contributed by atoms with Gasteiger partial charge in [-0.05, 0) is 12.1 Å². The van der Waals surface area contributed by atoms with Crippen LogP contribution in [0.3, 0.4) is 0 Å². The van der Waals surface area contributed by atoms with Crippen LogP contribution in [0.4, 0.5) is 9.18 Å². The van der Waals surface area contributed by atoms with Crippen LogP contribution in [0.15, 0.2) is 29.0 Å². The van der Waals surface area contributed by atoms with E-state index in [1.54, 1.807) is 10.8 Å². The van der Waals surface area contributed by atoms with E-state index in [0.29, 0.717) is 16.9 Å². The van der Waals surface area contributed by atoms with E-state index in [1.165, 1.54) is 30.6 Å². The topological polar surface area (TPSA) is 76.7 Å². The number of ether oxygens (including phenoxy) is 2. The molecule has 0 atom stereocenters. The van der Waals surface area contributed by atoms with Crippen molar-refractivity contribution in [2.45, 2.75) is 6.61 Å². The van der Waals surface area contributed by atoms with Gasteiger partial charge in [0.25, 0.3) is 5.91 Å². The molecule has 6 nitrogen and oxygen atoms in total. The lowest BCUT2D eigenvalue weighted by Gasteiger charge is -2.09. The lowest BCUT2D eigenvalue weighted by Crippen LogP contribution is -2.41. The molecule has 0 fully saturated rings. The maximum absolute atomic E-state index is 12.9. The van der Waals surface area contributed by atoms with Gasteiger partial charge in [-0.15, -0.1) is 11.3 Å². The summed E-state index contributed by atoms with van der Waals surface area (Å²) in [6.07, 6.45) is -0.882. The van der Waals surface area contributed by atoms with E-state index in [4.69, 9.17) is 21.1 Å². The number of hydrazine groups is 1. The summed E-state index contributed by atoms with van der Waals surface area (Å²) in [5, 5.41) is 3.38. The number of carbonyl (C=O) groups is 2. The van der Waals surface area contributed by atoms with Crippen molar-refractivity contribution >= 4 is 34.9 Å². The summed E-state index contributed by atoms with van der Waals surface area (Å²) in [5.74, 6) is -0.624. The van der Waals surface area contributed by atoms with E-state index in [2.05, 4.69) is 10.9 Å². The van der Waals surface area contributed by atoms with Gasteiger partial charge < -0.3 is 9.47 Å². The summed E-state index contributed by atoms with van der Waals surface area (Å²) >= 11 is 7.10. The first kappa shape index (κ1) is 17.0. The van der Waals surface area contributed by atoms with Gasteiger partial charge in [0.15, 0.2) is 0 Å². The smallest absolute Gasteiger partial charge is 0.426 e. The Kier molecular flexibility index (Phi) is 5.78. The minimum absolute atomic E-state index is 0.143. The largest absolute Gasteiger partial charge is 0.495 e. The van der Waals surface area contributed by atoms with Crippen molar-refractivity contribution in [1.29, 1.82) is 0 Å². The van der Waals surface area contributed by atoms with Crippen molar-refractivity contribution < 1.29 is 23.5 Å². The molecule has 23 heavy (non-hydrogen) atoms. The number of hydrogen-bond donors (Lipinski definition) is 2. The van der Waals surface area contributed by atoms with Gasteiger partial charge in [-0.1, -0.05) is 17.7 Å². The van der Waals surface area contributed by atoms with Gasteiger partial charge in [0.2, 0.25) is 0 Å². The molecule has 0 aliphatic rings. The predicted molar refractivity (Wildman–Crippen MR) is 83.1 cm³/mol. The molecular formula is C14H12ClFN2O4S. The van der Waals surface area contributed by atoms with Gasteiger partial charge >= 0.3 is 6.09 Å². The van der Waals surface area contributed by atoms with Gasteiger partial charge in [0.1, 0.15) is 18.2 Å². The molecule has 9 heteroatoms. The second kappa shape index (κ2) is 7.80. The van der Waals surface area contributed by atoms with E-state index in [-0.39, 0.29) is 11.6 Å². The van der Waals surface area contributed by atoms with Crippen LogP contribution in [0.5, 0.6) is 5.75 Å². The molecule has 0 saturated carbocycles. The van der Waals surface area contributed by atoms with E-state index in [1.807, 2.05) is 0 Å². The van der Waals surface area contributed by atoms with E-state index < -0.39 is 17.8 Å². The summed E-state index contributed by atoms with van der Waals surface area (Å²) in [4.78, 5) is 23.4. The molecule has 0 aliphatic carbocycles. The minimum Gasteiger partial charge on any atom is -0.495 e. The average molecular weight is 359 g/mol. The molecule has 1 aromatic carbocycles. The lowest BCUT2D eigenvalue weighted by atomic mass is 10.2. The molecule has 0 bridgehead atoms. The van der Waals surface area contributed by atoms with Crippen LogP contribution in [0.25, 0.3) is 0 Å². The Morgan fingerprint density at radius 2 is 2.09 bits per heavy atom. The molecule has 2 amide bonds. The van der Waals surface area contributed by atoms with Crippen LogP contribution in [-0.2, 0) is 11.3 Å². The SMILES string of the molecule is COc1cscc1C(=O)NNC(=O)OCc1ccc(F)cc1Cl. The summed E-state index contributed by atoms with van der Waals surface area (Å²) in [5.41, 5.74) is 5.01. The normalized spacial score (nSPS) is 10.0. The Bertz CT molecular complexity index is 723. The molecule has 0 radical (unpaired) electrons. The summed E-state index contributed by atoms with van der Waals surface area (Å²) < 4.78 is 22.8. The van der Waals surface area contributed by atoms with E-state index in [9.17, 15) is 14.0 Å². The third-order valence-corrected chi connectivity index (χ3v) is 3.82. The zero-order valence-corrected chi connectivity index (χ0v) is 13.5. The zero-order chi connectivity index (χ0) is 16.8. The molecule has 122 valence electrons. The fourth-order valence-electron chi connectivity index (χ4n) is 1.60. The second-order valence-electron chi connectivity index (χ2n) is 4.24. The van der Waals surface area contributed by atoms with E-state index in [0.717, 1.165) is 6.07 Å². The summed E-state index contributed by atoms with van der Waals surface area (Å²) in [7, 11) is 1.44. The van der Waals surface area contributed by atoms with Crippen molar-refractivity contribution in [2.75, 3.05) is 7.11 Å². The molecular weight excluding hydrogens is 347 g/mol. The van der Waals surface area contributed by atoms with Gasteiger partial charge in [-0.25, -0.2) is 14.6 Å². The van der Waals surface area contributed by atoms with Gasteiger partial charge in [-0.3, -0.25) is 10.2 Å². The highest BCUT2D eigenvalue weighted by Crippen LogP contribution is 2.22. The van der Waals surface area contributed by atoms with Gasteiger partial charge in [0, 0.05) is 16.3 Å². The number of halogens is 2. The molecule has 2 N–H and O–H groups in total. The Labute approximate surface area is 140 Å². The molecule has 1 heterocycles. The number of nitrogens with one attached hydrogen (secondary N) is 2. The quantitative estimate of drug-likeness (QED) is 0.823. The van der Waals surface area contributed by atoms with Crippen LogP contribution in [0.2, 0.25) is 5.02 Å². The first-order chi connectivity index (χ1) is 11.0. The van der Waals surface area contributed by atoms with Gasteiger partial charge in [-0.2, -0.15) is 0 Å². The summed E-state index contributed by atoms with van der Waals surface area (Å²) in [6, 6.07) is 3.72. The zero-order valence-electron chi connectivity index (χ0n) is 11.9. The first-order valence-corrected chi connectivity index (χ1v) is 7.60. The van der Waals surface area contributed by atoms with Crippen LogP contribution in [0, 0.1) is 5.82 Å². The number of thiophene rings is 1. The van der Waals surface area contributed by atoms with Crippen LogP contribution >= 0.6 is 22.9 Å². The standard InChI is InChI=1S/C14H12ClFN2O4S/c1-21-12-7-23-6-10(12)13(19)17-18-14(20)22-5-8-2-3-9(16)4-11(8)15/h2-4,6-7H,5H2,1H3,(H,17,19)(H,18,20). The second-order valence-corrected chi connectivity index (χ2v) is 5.40. The Hall–Kier alpha value is -2.32. The van der Waals surface area contributed by atoms with Crippen molar-refractivity contribution in [1.82, 2.24) is 10.9 Å². The first-order valence-electron chi connectivity index (χ1n) is 6.28. The molecule has 0 saturated heterocycles. The van der Waals surface area contributed by atoms with Crippen LogP contribution < -0.4 is 15.6 Å². The van der Waals surface area contributed by atoms with Crippen molar-refractivity contribution in [3.63, 3.8) is 0 Å². The molecule has 0 unspecified atom stereocenters. The van der Waals surface area contributed by atoms with Crippen molar-refractivity contribution in [3.05, 3.63) is 50.9 Å². The molecule has 0 aliphatic heterocycles. The summed E-state index contributed by atoms with van der Waals surface area (Å²) in [6.45, 7) is -0.164. The fraction of sp³-hybridized carbons (Fsp3) is 0.143. The Balaban J connectivity index is 1.82. The number of rotatable bonds is 4. The van der Waals surface area contributed by atoms with Gasteiger partial charge in [0.05, 0.1) is 17.7 Å². The third-order valence-electron chi connectivity index (χ3n) is 2.74. The molecule has 1 aromatic heterocycles. The maximum atomic E-state index is 12.9. The van der Waals surface area contributed by atoms with Crippen molar-refractivity contribution in [2.24, 2.45) is 0 Å². The number of hydrogen-bond acceptors (Lipinski definition) is 5. The Morgan fingerprint density at radius 1 is 1.30 bits per heavy atom. The van der Waals surface area contributed by atoms with E-state index >= 15 is 0 Å². The highest BCUT2D eigenvalue weighted by atomic mass is 35.5. The average Bonchev–Trinajstić information content (AvgIpc) is 3.00. The third kappa shape index (κ3) is 4.57. The highest BCUT2D eigenvalue weighted by Gasteiger charge is 2.14. The van der Waals surface area contributed by atoms with Crippen molar-refractivity contribution in [3.8, 4) is 5.75 Å². The maximum Gasteiger partial charge on any atom is 0.426 e. The molecule has 2 aromatic rings. The van der Waals surface area contributed by atoms with Crippen LogP contribution in [-0.4, -0.2) is 19.1 Å². The van der Waals surface area contributed by atoms with Crippen LogP contribution in [0.1, 0.15) is 15.9 Å². The monoisotopic (exact) mass is 358 g/mol. The number of methoxy groups -OCH3 is 1.